The number of fused-ring (bicyclic) bond motifs is 1. The predicted octanol–water partition coefficient (Wildman–Crippen LogP) is 2.12. The van der Waals surface area contributed by atoms with Crippen molar-refractivity contribution in [2.45, 2.75) is 0 Å². The zero-order valence-electron chi connectivity index (χ0n) is 9.32. The van der Waals surface area contributed by atoms with Gasteiger partial charge in [-0.15, -0.1) is 0 Å². The molecule has 1 N–H and O–H groups in total. The molecular weight excluding hydrogens is 230 g/mol. The van der Waals surface area contributed by atoms with Crippen molar-refractivity contribution in [2.24, 2.45) is 0 Å². The van der Waals surface area contributed by atoms with Crippen LogP contribution in [0, 0.1) is 0 Å². The lowest BCUT2D eigenvalue weighted by Gasteiger charge is -2.07. The fraction of sp³-hybridized carbons (Fsp3) is 0. The first kappa shape index (κ1) is 10.5. The van der Waals surface area contributed by atoms with Crippen LogP contribution in [0.15, 0.2) is 48.9 Å². The Morgan fingerprint density at radius 2 is 1.94 bits per heavy atom. The molecule has 3 aromatic rings. The quantitative estimate of drug-likeness (QED) is 0.743. The minimum absolute atomic E-state index is 0.196. The van der Waals surface area contributed by atoms with Gasteiger partial charge in [0.05, 0.1) is 5.56 Å². The van der Waals surface area contributed by atoms with Crippen LogP contribution in [0.3, 0.4) is 0 Å². The molecule has 0 aliphatic rings. The standard InChI is InChI=1S/C13H9N3O2/c17-13(18)11-8-14-12(16-7-3-6-15-16)10-5-2-1-4-9(10)11/h1-8H,(H,17,18). The second-order valence-electron chi connectivity index (χ2n) is 3.80. The van der Waals surface area contributed by atoms with E-state index in [9.17, 15) is 4.79 Å². The molecule has 88 valence electrons. The van der Waals surface area contributed by atoms with E-state index in [-0.39, 0.29) is 5.56 Å². The van der Waals surface area contributed by atoms with E-state index in [0.717, 1.165) is 5.39 Å². The third-order valence-electron chi connectivity index (χ3n) is 2.73. The highest BCUT2D eigenvalue weighted by Crippen LogP contribution is 2.23. The average molecular weight is 239 g/mol. The number of benzene rings is 1. The van der Waals surface area contributed by atoms with Crippen LogP contribution in [0.25, 0.3) is 16.6 Å². The van der Waals surface area contributed by atoms with Gasteiger partial charge >= 0.3 is 5.97 Å². The smallest absolute Gasteiger partial charge is 0.337 e. The van der Waals surface area contributed by atoms with E-state index < -0.39 is 5.97 Å². The SMILES string of the molecule is O=C(O)c1cnc(-n2cccn2)c2ccccc12. The molecule has 0 fully saturated rings. The van der Waals surface area contributed by atoms with Crippen molar-refractivity contribution < 1.29 is 9.90 Å². The number of hydrogen-bond donors (Lipinski definition) is 1. The number of carbonyl (C=O) groups is 1. The molecule has 0 radical (unpaired) electrons. The van der Waals surface area contributed by atoms with Crippen LogP contribution in [0.5, 0.6) is 0 Å². The fourth-order valence-electron chi connectivity index (χ4n) is 1.92. The first-order chi connectivity index (χ1) is 8.77. The summed E-state index contributed by atoms with van der Waals surface area (Å²) >= 11 is 0. The van der Waals surface area contributed by atoms with Gasteiger partial charge in [-0.3, -0.25) is 0 Å². The van der Waals surface area contributed by atoms with Gasteiger partial charge in [-0.25, -0.2) is 14.5 Å². The van der Waals surface area contributed by atoms with Crippen LogP contribution in [0.1, 0.15) is 10.4 Å². The van der Waals surface area contributed by atoms with E-state index in [1.807, 2.05) is 18.2 Å². The Labute approximate surface area is 102 Å². The van der Waals surface area contributed by atoms with E-state index in [1.54, 1.807) is 29.2 Å². The Hall–Kier alpha value is -2.69. The summed E-state index contributed by atoms with van der Waals surface area (Å²) in [5, 5.41) is 14.7. The highest BCUT2D eigenvalue weighted by molar-refractivity contribution is 6.05. The minimum Gasteiger partial charge on any atom is -0.478 e. The Bertz CT molecular complexity index is 720. The van der Waals surface area contributed by atoms with E-state index in [2.05, 4.69) is 10.1 Å². The van der Waals surface area contributed by atoms with Crippen LogP contribution in [0.2, 0.25) is 0 Å². The van der Waals surface area contributed by atoms with E-state index in [1.165, 1.54) is 6.20 Å². The maximum Gasteiger partial charge on any atom is 0.337 e. The molecule has 0 unspecified atom stereocenters. The number of pyridine rings is 1. The molecule has 18 heavy (non-hydrogen) atoms. The zero-order valence-corrected chi connectivity index (χ0v) is 9.32. The lowest BCUT2D eigenvalue weighted by molar-refractivity contribution is 0.0698. The van der Waals surface area contributed by atoms with E-state index in [4.69, 9.17) is 5.11 Å². The molecule has 2 heterocycles. The fourth-order valence-corrected chi connectivity index (χ4v) is 1.92. The third kappa shape index (κ3) is 1.53. The number of nitrogens with zero attached hydrogens (tertiary/aromatic N) is 3. The van der Waals surface area contributed by atoms with Gasteiger partial charge in [-0.05, 0) is 6.07 Å². The van der Waals surface area contributed by atoms with E-state index in [0.29, 0.717) is 11.2 Å². The van der Waals surface area contributed by atoms with Gasteiger partial charge in [-0.2, -0.15) is 5.10 Å². The molecule has 0 saturated heterocycles. The second kappa shape index (κ2) is 3.96. The van der Waals surface area contributed by atoms with Gasteiger partial charge in [0, 0.05) is 29.4 Å². The largest absolute Gasteiger partial charge is 0.478 e. The molecule has 0 bridgehead atoms. The van der Waals surface area contributed by atoms with Crippen LogP contribution in [-0.2, 0) is 0 Å². The van der Waals surface area contributed by atoms with Crippen molar-refractivity contribution in [3.63, 3.8) is 0 Å². The molecule has 5 nitrogen and oxygen atoms in total. The normalized spacial score (nSPS) is 10.7. The summed E-state index contributed by atoms with van der Waals surface area (Å²) in [6.07, 6.45) is 4.79. The minimum atomic E-state index is -0.981. The van der Waals surface area contributed by atoms with Gasteiger partial charge in [0.2, 0.25) is 0 Å². The number of rotatable bonds is 2. The summed E-state index contributed by atoms with van der Waals surface area (Å²) in [6.45, 7) is 0. The first-order valence-corrected chi connectivity index (χ1v) is 5.38. The zero-order chi connectivity index (χ0) is 12.5. The molecule has 3 rings (SSSR count). The van der Waals surface area contributed by atoms with Gasteiger partial charge < -0.3 is 5.11 Å². The molecule has 5 heteroatoms. The number of hydrogen-bond acceptors (Lipinski definition) is 3. The Kier molecular flexibility index (Phi) is 2.30. The molecule has 1 aromatic carbocycles. The number of carboxylic acids is 1. The lowest BCUT2D eigenvalue weighted by atomic mass is 10.1. The highest BCUT2D eigenvalue weighted by Gasteiger charge is 2.12. The predicted molar refractivity (Wildman–Crippen MR) is 65.8 cm³/mol. The summed E-state index contributed by atoms with van der Waals surface area (Å²) in [5.41, 5.74) is 0.196. The molecule has 0 atom stereocenters. The molecular formula is C13H9N3O2. The summed E-state index contributed by atoms with van der Waals surface area (Å²) in [4.78, 5) is 15.3. The molecule has 0 aliphatic heterocycles. The monoisotopic (exact) mass is 239 g/mol. The van der Waals surface area contributed by atoms with Crippen molar-refractivity contribution in [3.05, 3.63) is 54.5 Å². The molecule has 2 aromatic heterocycles. The maximum absolute atomic E-state index is 11.2. The van der Waals surface area contributed by atoms with Crippen molar-refractivity contribution in [1.29, 1.82) is 0 Å². The van der Waals surface area contributed by atoms with Crippen LogP contribution in [-0.4, -0.2) is 25.8 Å². The van der Waals surface area contributed by atoms with Crippen LogP contribution in [0.4, 0.5) is 0 Å². The topological polar surface area (TPSA) is 68.0 Å². The molecule has 0 aliphatic carbocycles. The van der Waals surface area contributed by atoms with Gasteiger partial charge in [0.15, 0.2) is 5.82 Å². The van der Waals surface area contributed by atoms with Crippen LogP contribution >= 0.6 is 0 Å². The number of aromatic nitrogens is 3. The summed E-state index contributed by atoms with van der Waals surface area (Å²) in [6, 6.07) is 9.06. The van der Waals surface area contributed by atoms with Crippen molar-refractivity contribution in [1.82, 2.24) is 14.8 Å². The van der Waals surface area contributed by atoms with Gasteiger partial charge in [-0.1, -0.05) is 24.3 Å². The summed E-state index contributed by atoms with van der Waals surface area (Å²) in [5.74, 6) is -0.355. The van der Waals surface area contributed by atoms with Crippen molar-refractivity contribution in [2.75, 3.05) is 0 Å². The Morgan fingerprint density at radius 3 is 2.61 bits per heavy atom. The van der Waals surface area contributed by atoms with Gasteiger partial charge in [0.25, 0.3) is 0 Å². The molecule has 0 saturated carbocycles. The third-order valence-corrected chi connectivity index (χ3v) is 2.73. The summed E-state index contributed by atoms with van der Waals surface area (Å²) < 4.78 is 1.62. The van der Waals surface area contributed by atoms with Crippen LogP contribution < -0.4 is 0 Å². The maximum atomic E-state index is 11.2. The average Bonchev–Trinajstić information content (AvgIpc) is 2.91. The van der Waals surface area contributed by atoms with Gasteiger partial charge in [0.1, 0.15) is 0 Å². The summed E-state index contributed by atoms with van der Waals surface area (Å²) in [7, 11) is 0. The number of carboxylic acid groups (broad SMARTS) is 1. The van der Waals surface area contributed by atoms with Crippen molar-refractivity contribution in [3.8, 4) is 5.82 Å². The molecule has 0 spiro atoms. The highest BCUT2D eigenvalue weighted by atomic mass is 16.4. The lowest BCUT2D eigenvalue weighted by Crippen LogP contribution is -2.04. The Morgan fingerprint density at radius 1 is 1.17 bits per heavy atom. The first-order valence-electron chi connectivity index (χ1n) is 5.38. The molecule has 0 amide bonds. The van der Waals surface area contributed by atoms with E-state index >= 15 is 0 Å². The second-order valence-corrected chi connectivity index (χ2v) is 3.80. The van der Waals surface area contributed by atoms with Crippen molar-refractivity contribution >= 4 is 16.7 Å². The number of aromatic carboxylic acids is 1. The Balaban J connectivity index is 2.37.